The summed E-state index contributed by atoms with van der Waals surface area (Å²) in [5.41, 5.74) is 1.03. The maximum Gasteiger partial charge on any atom is 0.227 e. The molecule has 5 N–H and O–H groups in total. The number of hydrogen-bond acceptors (Lipinski definition) is 5. The van der Waals surface area contributed by atoms with Crippen LogP contribution in [0.3, 0.4) is 0 Å². The molecule has 6 heteroatoms. The Bertz CT molecular complexity index is 591. The molecule has 0 bridgehead atoms. The Kier molecular flexibility index (Phi) is 6.29. The minimum Gasteiger partial charge on any atom is -0.389 e. The predicted octanol–water partition coefficient (Wildman–Crippen LogP) is 0.520. The minimum atomic E-state index is -1.21. The number of carbonyl (C=O) groups is 1. The van der Waals surface area contributed by atoms with Crippen LogP contribution in [0.2, 0.25) is 0 Å². The summed E-state index contributed by atoms with van der Waals surface area (Å²) in [4.78, 5) is 13.0. The van der Waals surface area contributed by atoms with Crippen molar-refractivity contribution in [3.8, 4) is 0 Å². The van der Waals surface area contributed by atoms with Crippen LogP contribution in [0.1, 0.15) is 44.1 Å². The molecule has 1 heterocycles. The van der Waals surface area contributed by atoms with Crippen molar-refractivity contribution in [3.63, 3.8) is 0 Å². The number of amides is 1. The molecule has 1 saturated heterocycles. The lowest BCUT2D eigenvalue weighted by molar-refractivity contribution is -0.126. The summed E-state index contributed by atoms with van der Waals surface area (Å²) in [6.07, 6.45) is 1.07. The van der Waals surface area contributed by atoms with Crippen LogP contribution in [-0.2, 0) is 4.79 Å². The lowest BCUT2D eigenvalue weighted by atomic mass is 9.84. The third-order valence-electron chi connectivity index (χ3n) is 5.91. The standard InChI is InChI=1S/C20H30N2O4/c1-12-17(23)19(25)18(24)15(22-12)11-21-20(26)16(14-9-5-6-10-14)13-7-3-2-4-8-13/h2-4,7-8,12,14-19,22-25H,5-6,9-11H2,1H3,(H,21,26)/t12-,15+,16?,17+,18+,19+/m0/s1. The van der Waals surface area contributed by atoms with Crippen LogP contribution in [0.5, 0.6) is 0 Å². The van der Waals surface area contributed by atoms with Gasteiger partial charge in [0.25, 0.3) is 0 Å². The summed E-state index contributed by atoms with van der Waals surface area (Å²) in [6.45, 7) is 1.96. The van der Waals surface area contributed by atoms with Crippen LogP contribution in [0.4, 0.5) is 0 Å². The van der Waals surface area contributed by atoms with Gasteiger partial charge in [-0.2, -0.15) is 0 Å². The van der Waals surface area contributed by atoms with E-state index in [1.54, 1.807) is 6.92 Å². The molecule has 1 aromatic carbocycles. The van der Waals surface area contributed by atoms with E-state index in [2.05, 4.69) is 10.6 Å². The maximum atomic E-state index is 13.0. The van der Waals surface area contributed by atoms with Crippen LogP contribution < -0.4 is 10.6 Å². The van der Waals surface area contributed by atoms with Crippen molar-refractivity contribution in [2.75, 3.05) is 6.54 Å². The first-order valence-electron chi connectivity index (χ1n) is 9.62. The van der Waals surface area contributed by atoms with E-state index in [-0.39, 0.29) is 24.4 Å². The molecular weight excluding hydrogens is 332 g/mol. The van der Waals surface area contributed by atoms with Crippen LogP contribution in [0, 0.1) is 5.92 Å². The zero-order valence-corrected chi connectivity index (χ0v) is 15.2. The number of hydrogen-bond donors (Lipinski definition) is 5. The van der Waals surface area contributed by atoms with Crippen molar-refractivity contribution in [2.45, 2.75) is 68.9 Å². The number of benzene rings is 1. The lowest BCUT2D eigenvalue weighted by Crippen LogP contribution is -2.66. The third kappa shape index (κ3) is 4.09. The third-order valence-corrected chi connectivity index (χ3v) is 5.91. The van der Waals surface area contributed by atoms with E-state index in [4.69, 9.17) is 0 Å². The van der Waals surface area contributed by atoms with Crippen molar-refractivity contribution in [1.29, 1.82) is 0 Å². The maximum absolute atomic E-state index is 13.0. The Morgan fingerprint density at radius 3 is 2.42 bits per heavy atom. The summed E-state index contributed by atoms with van der Waals surface area (Å²) in [6, 6.07) is 9.01. The predicted molar refractivity (Wildman–Crippen MR) is 98.6 cm³/mol. The van der Waals surface area contributed by atoms with Gasteiger partial charge in [-0.3, -0.25) is 4.79 Å². The van der Waals surface area contributed by atoms with Crippen molar-refractivity contribution in [3.05, 3.63) is 35.9 Å². The molecule has 1 aliphatic heterocycles. The summed E-state index contributed by atoms with van der Waals surface area (Å²) in [5.74, 6) is 0.116. The molecule has 6 atom stereocenters. The number of aliphatic hydroxyl groups is 3. The zero-order valence-electron chi connectivity index (χ0n) is 15.2. The van der Waals surface area contributed by atoms with Crippen molar-refractivity contribution in [2.24, 2.45) is 5.92 Å². The zero-order chi connectivity index (χ0) is 18.7. The number of piperidine rings is 1. The fraction of sp³-hybridized carbons (Fsp3) is 0.650. The molecule has 0 aromatic heterocycles. The van der Waals surface area contributed by atoms with Gasteiger partial charge in [0, 0.05) is 12.6 Å². The molecule has 2 aliphatic rings. The molecule has 6 nitrogen and oxygen atoms in total. The Balaban J connectivity index is 1.66. The quantitative estimate of drug-likeness (QED) is 0.526. The van der Waals surface area contributed by atoms with Gasteiger partial charge in [0.1, 0.15) is 6.10 Å². The van der Waals surface area contributed by atoms with Crippen LogP contribution >= 0.6 is 0 Å². The number of carbonyl (C=O) groups excluding carboxylic acids is 1. The molecule has 1 aliphatic carbocycles. The Labute approximate surface area is 154 Å². The average molecular weight is 362 g/mol. The lowest BCUT2D eigenvalue weighted by Gasteiger charge is -2.40. The highest BCUT2D eigenvalue weighted by molar-refractivity contribution is 5.84. The van der Waals surface area contributed by atoms with Crippen LogP contribution in [0.15, 0.2) is 30.3 Å². The highest BCUT2D eigenvalue weighted by atomic mass is 16.4. The molecule has 1 saturated carbocycles. The van der Waals surface area contributed by atoms with E-state index < -0.39 is 24.4 Å². The summed E-state index contributed by atoms with van der Waals surface area (Å²) >= 11 is 0. The van der Waals surface area contributed by atoms with Crippen molar-refractivity contribution >= 4 is 5.91 Å². The second-order valence-corrected chi connectivity index (χ2v) is 7.71. The van der Waals surface area contributed by atoms with E-state index >= 15 is 0 Å². The summed E-state index contributed by atoms with van der Waals surface area (Å²) < 4.78 is 0. The second-order valence-electron chi connectivity index (χ2n) is 7.71. The van der Waals surface area contributed by atoms with E-state index in [0.717, 1.165) is 31.2 Å². The van der Waals surface area contributed by atoms with Gasteiger partial charge >= 0.3 is 0 Å². The highest BCUT2D eigenvalue weighted by Crippen LogP contribution is 2.37. The summed E-state index contributed by atoms with van der Waals surface area (Å²) in [5, 5.41) is 36.0. The Hall–Kier alpha value is -1.47. The van der Waals surface area contributed by atoms with E-state index in [9.17, 15) is 20.1 Å². The van der Waals surface area contributed by atoms with Crippen molar-refractivity contribution < 1.29 is 20.1 Å². The van der Waals surface area contributed by atoms with Gasteiger partial charge in [-0.15, -0.1) is 0 Å². The van der Waals surface area contributed by atoms with Gasteiger partial charge in [-0.1, -0.05) is 43.2 Å². The molecule has 0 spiro atoms. The van der Waals surface area contributed by atoms with Crippen LogP contribution in [-0.4, -0.2) is 58.2 Å². The normalized spacial score (nSPS) is 33.8. The minimum absolute atomic E-state index is 0.0367. The van der Waals surface area contributed by atoms with E-state index in [1.807, 2.05) is 30.3 Å². The van der Waals surface area contributed by atoms with Gasteiger partial charge in [0.05, 0.1) is 24.2 Å². The first-order valence-corrected chi connectivity index (χ1v) is 9.62. The topological polar surface area (TPSA) is 102 Å². The molecule has 144 valence electrons. The van der Waals surface area contributed by atoms with E-state index in [0.29, 0.717) is 5.92 Å². The van der Waals surface area contributed by atoms with Gasteiger partial charge in [0.2, 0.25) is 5.91 Å². The molecule has 1 unspecified atom stereocenters. The highest BCUT2D eigenvalue weighted by Gasteiger charge is 2.41. The van der Waals surface area contributed by atoms with Crippen LogP contribution in [0.25, 0.3) is 0 Å². The van der Waals surface area contributed by atoms with Gasteiger partial charge in [-0.05, 0) is 31.2 Å². The Morgan fingerprint density at radius 1 is 1.12 bits per heavy atom. The Morgan fingerprint density at radius 2 is 1.77 bits per heavy atom. The first kappa shape index (κ1) is 19.3. The average Bonchev–Trinajstić information content (AvgIpc) is 3.17. The van der Waals surface area contributed by atoms with Gasteiger partial charge in [-0.25, -0.2) is 0 Å². The molecule has 1 amide bonds. The van der Waals surface area contributed by atoms with Gasteiger partial charge in [0.15, 0.2) is 0 Å². The molecule has 1 aromatic rings. The number of nitrogens with one attached hydrogen (secondary N) is 2. The fourth-order valence-corrected chi connectivity index (χ4v) is 4.36. The smallest absolute Gasteiger partial charge is 0.227 e. The molecule has 26 heavy (non-hydrogen) atoms. The first-order chi connectivity index (χ1) is 12.5. The summed E-state index contributed by atoms with van der Waals surface area (Å²) in [7, 11) is 0. The molecule has 0 radical (unpaired) electrons. The SMILES string of the molecule is C[C@@H]1N[C@H](CNC(=O)C(c2ccccc2)C2CCCC2)[C@@H](O)[C@H](O)[C@@H]1O. The van der Waals surface area contributed by atoms with E-state index in [1.165, 1.54) is 0 Å². The monoisotopic (exact) mass is 362 g/mol. The number of aliphatic hydroxyl groups excluding tert-OH is 3. The van der Waals surface area contributed by atoms with Gasteiger partial charge < -0.3 is 26.0 Å². The number of rotatable bonds is 5. The molecular formula is C20H30N2O4. The fourth-order valence-electron chi connectivity index (χ4n) is 4.36. The van der Waals surface area contributed by atoms with Crippen molar-refractivity contribution in [1.82, 2.24) is 10.6 Å². The molecule has 3 rings (SSSR count). The molecule has 2 fully saturated rings. The largest absolute Gasteiger partial charge is 0.389 e. The second kappa shape index (κ2) is 8.48.